The number of ether oxygens (including phenoxy) is 5. The Hall–Kier alpha value is -0.290. The summed E-state index contributed by atoms with van der Waals surface area (Å²) in [7, 11) is -3.39. The molecule has 0 radical (unpaired) electrons. The van der Waals surface area contributed by atoms with E-state index in [1.807, 2.05) is 0 Å². The van der Waals surface area contributed by atoms with E-state index >= 15 is 0 Å². The molecular weight excluding hydrogens is 328 g/mol. The third-order valence-electron chi connectivity index (χ3n) is 2.94. The van der Waals surface area contributed by atoms with Crippen LogP contribution in [0.3, 0.4) is 0 Å². The summed E-state index contributed by atoms with van der Waals surface area (Å²) >= 11 is 0. The Morgan fingerprint density at radius 3 is 1.96 bits per heavy atom. The highest BCUT2D eigenvalue weighted by Gasteiger charge is 2.13. The minimum atomic E-state index is -3.39. The lowest BCUT2D eigenvalue weighted by Gasteiger charge is -2.22. The van der Waals surface area contributed by atoms with Gasteiger partial charge in [-0.05, 0) is 19.3 Å². The van der Waals surface area contributed by atoms with Crippen LogP contribution in [0, 0.1) is 0 Å². The molecule has 1 aliphatic heterocycles. The molecule has 1 atom stereocenters. The first-order valence-electron chi connectivity index (χ1n) is 7.89. The van der Waals surface area contributed by atoms with E-state index in [0.29, 0.717) is 39.6 Å². The summed E-state index contributed by atoms with van der Waals surface area (Å²) < 4.78 is 52.7. The first-order valence-corrected chi connectivity index (χ1v) is 9.70. The van der Waals surface area contributed by atoms with Gasteiger partial charge in [0.25, 0.3) is 10.1 Å². The van der Waals surface area contributed by atoms with E-state index in [4.69, 9.17) is 23.7 Å². The number of hydrogen-bond donors (Lipinski definition) is 0. The number of rotatable bonds is 14. The van der Waals surface area contributed by atoms with Gasteiger partial charge in [0.05, 0.1) is 59.1 Å². The van der Waals surface area contributed by atoms with Crippen molar-refractivity contribution < 1.29 is 36.3 Å². The molecule has 0 bridgehead atoms. The monoisotopic (exact) mass is 356 g/mol. The predicted octanol–water partition coefficient (Wildman–Crippen LogP) is 0.556. The molecule has 1 heterocycles. The van der Waals surface area contributed by atoms with Gasteiger partial charge < -0.3 is 23.7 Å². The quantitative estimate of drug-likeness (QED) is 0.329. The third-order valence-corrected chi connectivity index (χ3v) is 3.53. The fourth-order valence-corrected chi connectivity index (χ4v) is 2.24. The smallest absolute Gasteiger partial charge is 0.264 e. The molecule has 8 nitrogen and oxygen atoms in total. The van der Waals surface area contributed by atoms with Gasteiger partial charge in [0.1, 0.15) is 0 Å². The van der Waals surface area contributed by atoms with Gasteiger partial charge in [-0.15, -0.1) is 0 Å². The van der Waals surface area contributed by atoms with Crippen LogP contribution in [0.5, 0.6) is 0 Å². The molecule has 0 aliphatic carbocycles. The molecular formula is C14H28O8S. The molecule has 9 heteroatoms. The molecule has 0 aromatic rings. The molecule has 1 rings (SSSR count). The first kappa shape index (κ1) is 20.8. The highest BCUT2D eigenvalue weighted by atomic mass is 32.2. The lowest BCUT2D eigenvalue weighted by atomic mass is 10.2. The van der Waals surface area contributed by atoms with E-state index in [0.717, 1.165) is 32.1 Å². The Balaban J connectivity index is 1.73. The summed E-state index contributed by atoms with van der Waals surface area (Å²) in [5.41, 5.74) is 0. The van der Waals surface area contributed by atoms with Gasteiger partial charge in [-0.2, -0.15) is 8.42 Å². The van der Waals surface area contributed by atoms with Gasteiger partial charge in [0, 0.05) is 6.61 Å². The Morgan fingerprint density at radius 1 is 0.870 bits per heavy atom. The minimum absolute atomic E-state index is 0.0205. The Kier molecular flexibility index (Phi) is 11.8. The van der Waals surface area contributed by atoms with Crippen LogP contribution in [-0.4, -0.2) is 80.4 Å². The zero-order chi connectivity index (χ0) is 16.8. The molecule has 1 aliphatic rings. The van der Waals surface area contributed by atoms with E-state index in [1.54, 1.807) is 0 Å². The summed E-state index contributed by atoms with van der Waals surface area (Å²) in [6, 6.07) is 0. The number of hydrogen-bond acceptors (Lipinski definition) is 8. The van der Waals surface area contributed by atoms with Crippen molar-refractivity contribution in [3.8, 4) is 0 Å². The average molecular weight is 356 g/mol. The van der Waals surface area contributed by atoms with E-state index in [-0.39, 0.29) is 19.5 Å². The molecule has 0 amide bonds. The zero-order valence-corrected chi connectivity index (χ0v) is 14.6. The van der Waals surface area contributed by atoms with E-state index in [2.05, 4.69) is 4.18 Å². The maximum atomic E-state index is 10.7. The van der Waals surface area contributed by atoms with Crippen molar-refractivity contribution in [3.63, 3.8) is 0 Å². The van der Waals surface area contributed by atoms with Gasteiger partial charge in [0.2, 0.25) is 0 Å². The van der Waals surface area contributed by atoms with Crippen molar-refractivity contribution >= 4 is 10.1 Å². The summed E-state index contributed by atoms with van der Waals surface area (Å²) in [4.78, 5) is 0. The van der Waals surface area contributed by atoms with Gasteiger partial charge in [-0.3, -0.25) is 4.18 Å². The Morgan fingerprint density at radius 2 is 1.43 bits per heavy atom. The van der Waals surface area contributed by atoms with E-state index in [9.17, 15) is 8.42 Å². The molecule has 1 fully saturated rings. The van der Waals surface area contributed by atoms with Crippen LogP contribution in [0.1, 0.15) is 19.3 Å². The van der Waals surface area contributed by atoms with Crippen molar-refractivity contribution in [2.24, 2.45) is 0 Å². The maximum absolute atomic E-state index is 10.7. The summed E-state index contributed by atoms with van der Waals surface area (Å²) in [6.07, 6.45) is 4.15. The van der Waals surface area contributed by atoms with Gasteiger partial charge in [-0.1, -0.05) is 0 Å². The highest BCUT2D eigenvalue weighted by Crippen LogP contribution is 2.13. The van der Waals surface area contributed by atoms with Crippen molar-refractivity contribution in [2.45, 2.75) is 25.6 Å². The van der Waals surface area contributed by atoms with Crippen molar-refractivity contribution in [1.29, 1.82) is 0 Å². The van der Waals surface area contributed by atoms with Crippen LogP contribution in [0.15, 0.2) is 0 Å². The molecule has 138 valence electrons. The summed E-state index contributed by atoms with van der Waals surface area (Å²) in [5, 5.41) is 0. The normalized spacial score (nSPS) is 19.1. The van der Waals surface area contributed by atoms with Crippen LogP contribution in [-0.2, 0) is 38.0 Å². The molecule has 1 saturated heterocycles. The predicted molar refractivity (Wildman–Crippen MR) is 82.8 cm³/mol. The van der Waals surface area contributed by atoms with Gasteiger partial charge in [0.15, 0.2) is 6.29 Å². The van der Waals surface area contributed by atoms with E-state index in [1.165, 1.54) is 0 Å². The fourth-order valence-electron chi connectivity index (χ4n) is 1.87. The second-order valence-corrected chi connectivity index (χ2v) is 6.67. The lowest BCUT2D eigenvalue weighted by molar-refractivity contribution is -0.169. The molecule has 0 N–H and O–H groups in total. The van der Waals surface area contributed by atoms with Gasteiger partial charge >= 0.3 is 0 Å². The van der Waals surface area contributed by atoms with Crippen molar-refractivity contribution in [2.75, 3.05) is 65.7 Å². The molecule has 0 aromatic heterocycles. The van der Waals surface area contributed by atoms with Crippen LogP contribution in [0.4, 0.5) is 0 Å². The Labute approximate surface area is 138 Å². The third kappa shape index (κ3) is 13.8. The molecule has 0 unspecified atom stereocenters. The van der Waals surface area contributed by atoms with Crippen LogP contribution in [0.25, 0.3) is 0 Å². The summed E-state index contributed by atoms with van der Waals surface area (Å²) in [5.74, 6) is 0. The molecule has 0 aromatic carbocycles. The Bertz CT molecular complexity index is 367. The van der Waals surface area contributed by atoms with Crippen LogP contribution in [0.2, 0.25) is 0 Å². The van der Waals surface area contributed by atoms with E-state index < -0.39 is 10.1 Å². The van der Waals surface area contributed by atoms with Crippen molar-refractivity contribution in [3.05, 3.63) is 0 Å². The van der Waals surface area contributed by atoms with Crippen LogP contribution < -0.4 is 0 Å². The second kappa shape index (κ2) is 13.1. The molecule has 0 spiro atoms. The molecule has 23 heavy (non-hydrogen) atoms. The van der Waals surface area contributed by atoms with Crippen LogP contribution >= 0.6 is 0 Å². The zero-order valence-electron chi connectivity index (χ0n) is 13.7. The minimum Gasteiger partial charge on any atom is -0.377 e. The lowest BCUT2D eigenvalue weighted by Crippen LogP contribution is -2.24. The fraction of sp³-hybridized carbons (Fsp3) is 1.00. The average Bonchev–Trinajstić information content (AvgIpc) is 2.52. The first-order chi connectivity index (χ1) is 11.1. The molecule has 0 saturated carbocycles. The maximum Gasteiger partial charge on any atom is 0.264 e. The summed E-state index contributed by atoms with van der Waals surface area (Å²) in [6.45, 7) is 3.83. The standard InChI is InChI=1S/C14H28O8S/c1-23(15,16)22-13-11-19-9-7-17-6-8-18-10-12-21-14-4-2-3-5-20-14/h14H,2-13H2,1H3/t14-/m0/s1. The SMILES string of the molecule is CS(=O)(=O)OCCOCCOCCOCCO[C@H]1CCCCO1. The highest BCUT2D eigenvalue weighted by molar-refractivity contribution is 7.85. The largest absolute Gasteiger partial charge is 0.377 e. The van der Waals surface area contributed by atoms with Gasteiger partial charge in [-0.25, -0.2) is 0 Å². The van der Waals surface area contributed by atoms with Crippen molar-refractivity contribution in [1.82, 2.24) is 0 Å². The topological polar surface area (TPSA) is 89.5 Å². The second-order valence-electron chi connectivity index (χ2n) is 5.03.